The molecule has 1 amide bonds. The molecule has 1 saturated carbocycles. The quantitative estimate of drug-likeness (QED) is 0.748. The molecule has 5 heteroatoms. The minimum atomic E-state index is -2.32. The second kappa shape index (κ2) is 3.98. The summed E-state index contributed by atoms with van der Waals surface area (Å²) < 4.78 is 14.9. The van der Waals surface area contributed by atoms with E-state index in [9.17, 15) is 9.00 Å². The molecule has 0 aromatic carbocycles. The second-order valence-corrected chi connectivity index (χ2v) is 6.96. The Balaban J connectivity index is 2.62. The van der Waals surface area contributed by atoms with Crippen LogP contribution in [0.2, 0.25) is 0 Å². The van der Waals surface area contributed by atoms with Gasteiger partial charge in [-0.15, -0.1) is 0 Å². The van der Waals surface area contributed by atoms with Crippen LogP contribution in [0.1, 0.15) is 32.1 Å². The van der Waals surface area contributed by atoms with Crippen LogP contribution in [-0.4, -0.2) is 28.2 Å². The minimum absolute atomic E-state index is 0.242. The van der Waals surface area contributed by atoms with Crippen molar-refractivity contribution in [3.05, 3.63) is 0 Å². The smallest absolute Gasteiger partial charge is 0.255 e. The molecule has 4 nitrogen and oxygen atoms in total. The maximum atomic E-state index is 11.4. The Bertz CT molecular complexity index is 329. The van der Waals surface area contributed by atoms with Crippen LogP contribution in [0.25, 0.3) is 0 Å². The molecule has 0 heterocycles. The van der Waals surface area contributed by atoms with Crippen molar-refractivity contribution in [2.24, 2.45) is 10.1 Å². The summed E-state index contributed by atoms with van der Waals surface area (Å²) in [6.07, 6.45) is 7.08. The van der Waals surface area contributed by atoms with Crippen LogP contribution in [0.4, 0.5) is 0 Å². The van der Waals surface area contributed by atoms with Gasteiger partial charge in [-0.2, -0.15) is 4.36 Å². The molecule has 0 radical (unpaired) electrons. The fourth-order valence-electron chi connectivity index (χ4n) is 1.83. The summed E-state index contributed by atoms with van der Waals surface area (Å²) in [5.74, 6) is -0.315. The van der Waals surface area contributed by atoms with Crippen LogP contribution in [0, 0.1) is 0 Å². The van der Waals surface area contributed by atoms with Crippen LogP contribution < -0.4 is 5.73 Å². The zero-order valence-corrected chi connectivity index (χ0v) is 9.60. The molecule has 0 spiro atoms. The maximum Gasteiger partial charge on any atom is 0.255 e. The fourth-order valence-corrected chi connectivity index (χ4v) is 2.39. The van der Waals surface area contributed by atoms with E-state index >= 15 is 0 Å². The molecule has 0 atom stereocenters. The molecular weight excluding hydrogens is 200 g/mol. The molecule has 82 valence electrons. The normalized spacial score (nSPS) is 20.8. The van der Waals surface area contributed by atoms with Crippen molar-refractivity contribution in [3.63, 3.8) is 0 Å². The lowest BCUT2D eigenvalue weighted by Gasteiger charge is -2.20. The van der Waals surface area contributed by atoms with Gasteiger partial charge in [-0.05, 0) is 12.8 Å². The first-order valence-electron chi connectivity index (χ1n) is 4.80. The molecule has 14 heavy (non-hydrogen) atoms. The van der Waals surface area contributed by atoms with Crippen LogP contribution in [0.5, 0.6) is 0 Å². The second-order valence-electron chi connectivity index (χ2n) is 4.41. The topological polar surface area (TPSA) is 72.5 Å². The van der Waals surface area contributed by atoms with Gasteiger partial charge in [-0.25, -0.2) is 4.21 Å². The van der Waals surface area contributed by atoms with Gasteiger partial charge < -0.3 is 5.73 Å². The molecule has 0 saturated heterocycles. The number of hydrogen-bond donors (Lipinski definition) is 1. The van der Waals surface area contributed by atoms with Crippen LogP contribution >= 0.6 is 0 Å². The van der Waals surface area contributed by atoms with Gasteiger partial charge in [0.05, 0.1) is 0 Å². The van der Waals surface area contributed by atoms with Gasteiger partial charge in [0, 0.05) is 34.2 Å². The van der Waals surface area contributed by atoms with Crippen molar-refractivity contribution in [1.29, 1.82) is 0 Å². The number of carbonyl (C=O) groups is 1. The number of hydrogen-bond acceptors (Lipinski definition) is 3. The summed E-state index contributed by atoms with van der Waals surface area (Å²) in [4.78, 5) is 11.4. The first-order valence-corrected chi connectivity index (χ1v) is 7.13. The van der Waals surface area contributed by atoms with E-state index in [4.69, 9.17) is 5.73 Å². The SMILES string of the molecule is CS(C)(=O)=NC(=O)CC1(N)CCCC1. The Morgan fingerprint density at radius 3 is 2.36 bits per heavy atom. The Morgan fingerprint density at radius 1 is 1.43 bits per heavy atom. The molecule has 1 aliphatic rings. The molecule has 1 aliphatic carbocycles. The Morgan fingerprint density at radius 2 is 1.93 bits per heavy atom. The van der Waals surface area contributed by atoms with Crippen LogP contribution in [-0.2, 0) is 14.5 Å². The summed E-state index contributed by atoms with van der Waals surface area (Å²) in [6.45, 7) is 0. The first-order chi connectivity index (χ1) is 6.31. The maximum absolute atomic E-state index is 11.4. The zero-order valence-electron chi connectivity index (χ0n) is 8.78. The number of nitrogens with two attached hydrogens (primary N) is 1. The number of amides is 1. The van der Waals surface area contributed by atoms with Crippen LogP contribution in [0.15, 0.2) is 4.36 Å². The molecule has 0 aliphatic heterocycles. The Hall–Kier alpha value is -0.420. The van der Waals surface area contributed by atoms with E-state index < -0.39 is 9.73 Å². The highest BCUT2D eigenvalue weighted by molar-refractivity contribution is 7.92. The summed E-state index contributed by atoms with van der Waals surface area (Å²) in [6, 6.07) is 0. The number of rotatable bonds is 2. The third-order valence-electron chi connectivity index (χ3n) is 2.42. The standard InChI is InChI=1S/C9H18N2O2S/c1-14(2,13)11-8(12)7-9(10)5-3-4-6-9/h3-7,10H2,1-2H3. The van der Waals surface area contributed by atoms with E-state index in [0.717, 1.165) is 25.7 Å². The van der Waals surface area contributed by atoms with E-state index in [1.54, 1.807) is 0 Å². The number of carbonyl (C=O) groups excluding carboxylic acids is 1. The fraction of sp³-hybridized carbons (Fsp3) is 0.889. The highest BCUT2D eigenvalue weighted by atomic mass is 32.2. The van der Waals surface area contributed by atoms with Gasteiger partial charge in [-0.1, -0.05) is 12.8 Å². The third kappa shape index (κ3) is 3.75. The molecule has 0 unspecified atom stereocenters. The lowest BCUT2D eigenvalue weighted by atomic mass is 9.95. The van der Waals surface area contributed by atoms with Gasteiger partial charge in [0.15, 0.2) is 0 Å². The van der Waals surface area contributed by atoms with Gasteiger partial charge in [0.1, 0.15) is 0 Å². The monoisotopic (exact) mass is 218 g/mol. The highest BCUT2D eigenvalue weighted by Crippen LogP contribution is 2.30. The van der Waals surface area contributed by atoms with Crippen molar-refractivity contribution in [1.82, 2.24) is 0 Å². The average Bonchev–Trinajstić information content (AvgIpc) is 2.30. The van der Waals surface area contributed by atoms with E-state index in [-0.39, 0.29) is 17.9 Å². The van der Waals surface area contributed by atoms with Gasteiger partial charge in [-0.3, -0.25) is 4.79 Å². The molecule has 0 aromatic rings. The van der Waals surface area contributed by atoms with Crippen molar-refractivity contribution < 1.29 is 9.00 Å². The zero-order chi connectivity index (χ0) is 10.8. The molecule has 1 rings (SSSR count). The predicted molar refractivity (Wildman–Crippen MR) is 57.4 cm³/mol. The first kappa shape index (κ1) is 11.7. The molecule has 1 fully saturated rings. The van der Waals surface area contributed by atoms with Gasteiger partial charge >= 0.3 is 0 Å². The van der Waals surface area contributed by atoms with Gasteiger partial charge in [0.2, 0.25) is 0 Å². The van der Waals surface area contributed by atoms with Gasteiger partial charge in [0.25, 0.3) is 5.91 Å². The summed E-state index contributed by atoms with van der Waals surface area (Å²) in [5, 5.41) is 0. The van der Waals surface area contributed by atoms with E-state index in [0.29, 0.717) is 0 Å². The molecule has 0 bridgehead atoms. The summed E-state index contributed by atoms with van der Waals surface area (Å²) in [5.41, 5.74) is 5.62. The molecule has 2 N–H and O–H groups in total. The summed E-state index contributed by atoms with van der Waals surface area (Å²) >= 11 is 0. The van der Waals surface area contributed by atoms with E-state index in [2.05, 4.69) is 4.36 Å². The largest absolute Gasteiger partial charge is 0.325 e. The Kier molecular flexibility index (Phi) is 3.32. The Labute approximate surface area is 85.4 Å². The third-order valence-corrected chi connectivity index (χ3v) is 3.07. The molecular formula is C9H18N2O2S. The lowest BCUT2D eigenvalue weighted by molar-refractivity contribution is -0.118. The highest BCUT2D eigenvalue weighted by Gasteiger charge is 2.31. The van der Waals surface area contributed by atoms with Crippen LogP contribution in [0.3, 0.4) is 0 Å². The predicted octanol–water partition coefficient (Wildman–Crippen LogP) is 0.902. The van der Waals surface area contributed by atoms with Crippen molar-refractivity contribution in [2.75, 3.05) is 12.5 Å². The number of nitrogens with zero attached hydrogens (tertiary/aromatic N) is 1. The van der Waals surface area contributed by atoms with Crippen molar-refractivity contribution in [3.8, 4) is 0 Å². The minimum Gasteiger partial charge on any atom is -0.325 e. The summed E-state index contributed by atoms with van der Waals surface area (Å²) in [7, 11) is -2.32. The average molecular weight is 218 g/mol. The van der Waals surface area contributed by atoms with Crippen molar-refractivity contribution >= 4 is 15.6 Å². The van der Waals surface area contributed by atoms with E-state index in [1.165, 1.54) is 12.5 Å². The molecule has 0 aromatic heterocycles. The lowest BCUT2D eigenvalue weighted by Crippen LogP contribution is -2.38. The van der Waals surface area contributed by atoms with E-state index in [1.807, 2.05) is 0 Å². The van der Waals surface area contributed by atoms with Crippen molar-refractivity contribution in [2.45, 2.75) is 37.6 Å².